The van der Waals surface area contributed by atoms with Gasteiger partial charge in [-0.25, -0.2) is 0 Å². The minimum absolute atomic E-state index is 0.0806. The lowest BCUT2D eigenvalue weighted by molar-refractivity contribution is 0.0778. The van der Waals surface area contributed by atoms with Crippen molar-refractivity contribution in [2.75, 3.05) is 13.2 Å². The van der Waals surface area contributed by atoms with E-state index in [1.807, 2.05) is 18.2 Å². The fourth-order valence-corrected chi connectivity index (χ4v) is 2.07. The van der Waals surface area contributed by atoms with E-state index in [1.165, 1.54) is 0 Å². The zero-order valence-electron chi connectivity index (χ0n) is 11.7. The SMILES string of the molecule is O=C(COCC(Cl)Cl)c1ccc(C(=O)c2ccccc2)cc1. The maximum Gasteiger partial charge on any atom is 0.193 e. The lowest BCUT2D eigenvalue weighted by Crippen LogP contribution is -2.12. The van der Waals surface area contributed by atoms with Crippen molar-refractivity contribution in [3.05, 3.63) is 71.3 Å². The van der Waals surface area contributed by atoms with Crippen LogP contribution in [0.4, 0.5) is 0 Å². The molecule has 0 fully saturated rings. The molecule has 0 atom stereocenters. The first-order chi connectivity index (χ1) is 10.6. The fraction of sp³-hybridized carbons (Fsp3) is 0.176. The van der Waals surface area contributed by atoms with Gasteiger partial charge in [0.2, 0.25) is 0 Å². The quantitative estimate of drug-likeness (QED) is 0.568. The van der Waals surface area contributed by atoms with Crippen molar-refractivity contribution in [2.45, 2.75) is 4.84 Å². The summed E-state index contributed by atoms with van der Waals surface area (Å²) in [6, 6.07) is 15.5. The average Bonchev–Trinajstić information content (AvgIpc) is 2.54. The summed E-state index contributed by atoms with van der Waals surface area (Å²) in [5.41, 5.74) is 1.62. The monoisotopic (exact) mass is 336 g/mol. The molecule has 0 saturated heterocycles. The number of rotatable bonds is 7. The van der Waals surface area contributed by atoms with Gasteiger partial charge in [-0.05, 0) is 0 Å². The number of Topliss-reactive ketones (excluding diaryl/α,β-unsaturated/α-hetero) is 1. The van der Waals surface area contributed by atoms with Gasteiger partial charge in [-0.1, -0.05) is 54.6 Å². The zero-order chi connectivity index (χ0) is 15.9. The van der Waals surface area contributed by atoms with Gasteiger partial charge in [0.1, 0.15) is 11.4 Å². The normalized spacial score (nSPS) is 10.7. The summed E-state index contributed by atoms with van der Waals surface area (Å²) in [6.07, 6.45) is 0. The summed E-state index contributed by atoms with van der Waals surface area (Å²) in [6.45, 7) is 0.00134. The number of carbonyl (C=O) groups excluding carboxylic acids is 2. The van der Waals surface area contributed by atoms with Crippen molar-refractivity contribution >= 4 is 34.8 Å². The molecule has 0 spiro atoms. The Morgan fingerprint density at radius 1 is 0.864 bits per heavy atom. The Balaban J connectivity index is 2.01. The van der Waals surface area contributed by atoms with E-state index in [9.17, 15) is 9.59 Å². The standard InChI is InChI=1S/C17H14Cl2O3/c18-16(19)11-22-10-15(20)12-6-8-14(9-7-12)17(21)13-4-2-1-3-5-13/h1-9,16H,10-11H2. The smallest absolute Gasteiger partial charge is 0.193 e. The number of ketones is 2. The van der Waals surface area contributed by atoms with Gasteiger partial charge >= 0.3 is 0 Å². The molecule has 3 nitrogen and oxygen atoms in total. The molecule has 0 aliphatic carbocycles. The number of alkyl halides is 2. The van der Waals surface area contributed by atoms with Crippen LogP contribution in [0.5, 0.6) is 0 Å². The van der Waals surface area contributed by atoms with Crippen molar-refractivity contribution in [3.63, 3.8) is 0 Å². The van der Waals surface area contributed by atoms with Gasteiger partial charge < -0.3 is 4.74 Å². The molecule has 2 rings (SSSR count). The summed E-state index contributed by atoms with van der Waals surface area (Å²) in [5, 5.41) is 0. The van der Waals surface area contributed by atoms with Crippen molar-refractivity contribution in [1.29, 1.82) is 0 Å². The molecule has 2 aromatic carbocycles. The second-order valence-electron chi connectivity index (χ2n) is 4.60. The van der Waals surface area contributed by atoms with Crippen LogP contribution in [0.25, 0.3) is 0 Å². The largest absolute Gasteiger partial charge is 0.370 e. The van der Waals surface area contributed by atoms with E-state index in [-0.39, 0.29) is 24.8 Å². The molecule has 0 bridgehead atoms. The van der Waals surface area contributed by atoms with Gasteiger partial charge in [0.05, 0.1) is 6.61 Å². The van der Waals surface area contributed by atoms with Gasteiger partial charge in [-0.2, -0.15) is 0 Å². The van der Waals surface area contributed by atoms with Crippen LogP contribution in [0.1, 0.15) is 26.3 Å². The Morgan fingerprint density at radius 3 is 2.00 bits per heavy atom. The highest BCUT2D eigenvalue weighted by Crippen LogP contribution is 2.12. The molecule has 22 heavy (non-hydrogen) atoms. The van der Waals surface area contributed by atoms with Crippen LogP contribution in [0, 0.1) is 0 Å². The third-order valence-electron chi connectivity index (χ3n) is 2.98. The highest BCUT2D eigenvalue weighted by atomic mass is 35.5. The van der Waals surface area contributed by atoms with Crippen molar-refractivity contribution in [3.8, 4) is 0 Å². The summed E-state index contributed by atoms with van der Waals surface area (Å²) in [4.78, 5) is 23.5. The van der Waals surface area contributed by atoms with E-state index in [1.54, 1.807) is 36.4 Å². The highest BCUT2D eigenvalue weighted by Gasteiger charge is 2.11. The Morgan fingerprint density at radius 2 is 1.41 bits per heavy atom. The van der Waals surface area contributed by atoms with Crippen LogP contribution < -0.4 is 0 Å². The number of carbonyl (C=O) groups is 2. The minimum Gasteiger partial charge on any atom is -0.370 e. The third kappa shape index (κ3) is 4.67. The maximum absolute atomic E-state index is 12.2. The highest BCUT2D eigenvalue weighted by molar-refractivity contribution is 6.44. The minimum atomic E-state index is -0.654. The third-order valence-corrected chi connectivity index (χ3v) is 3.23. The molecule has 5 heteroatoms. The molecule has 0 unspecified atom stereocenters. The van der Waals surface area contributed by atoms with Gasteiger partial charge in [0, 0.05) is 16.7 Å². The molecular weight excluding hydrogens is 323 g/mol. The number of benzene rings is 2. The van der Waals surface area contributed by atoms with Gasteiger partial charge in [0.25, 0.3) is 0 Å². The number of ether oxygens (including phenoxy) is 1. The van der Waals surface area contributed by atoms with E-state index < -0.39 is 4.84 Å². The lowest BCUT2D eigenvalue weighted by atomic mass is 10.0. The topological polar surface area (TPSA) is 43.4 Å². The van der Waals surface area contributed by atoms with Gasteiger partial charge in [0.15, 0.2) is 11.6 Å². The van der Waals surface area contributed by atoms with Gasteiger partial charge in [-0.3, -0.25) is 9.59 Å². The summed E-state index contributed by atoms with van der Waals surface area (Å²) >= 11 is 11.0. The summed E-state index contributed by atoms with van der Waals surface area (Å²) in [7, 11) is 0. The molecule has 0 saturated carbocycles. The lowest BCUT2D eigenvalue weighted by Gasteiger charge is -2.05. The Kier molecular flexibility index (Phi) is 6.13. The van der Waals surface area contributed by atoms with Crippen LogP contribution in [0.15, 0.2) is 54.6 Å². The molecule has 0 N–H and O–H groups in total. The fourth-order valence-electron chi connectivity index (χ4n) is 1.89. The first-order valence-electron chi connectivity index (χ1n) is 6.67. The van der Waals surface area contributed by atoms with E-state index in [4.69, 9.17) is 27.9 Å². The first kappa shape index (κ1) is 16.7. The zero-order valence-corrected chi connectivity index (χ0v) is 13.2. The summed E-state index contributed by atoms with van der Waals surface area (Å²) < 4.78 is 5.08. The summed E-state index contributed by atoms with van der Waals surface area (Å²) in [5.74, 6) is -0.268. The van der Waals surface area contributed by atoms with Crippen LogP contribution >= 0.6 is 23.2 Å². The molecule has 0 heterocycles. The number of hydrogen-bond acceptors (Lipinski definition) is 3. The first-order valence-corrected chi connectivity index (χ1v) is 7.54. The predicted molar refractivity (Wildman–Crippen MR) is 87.0 cm³/mol. The van der Waals surface area contributed by atoms with E-state index in [2.05, 4.69) is 0 Å². The molecule has 0 radical (unpaired) electrons. The van der Waals surface area contributed by atoms with Crippen LogP contribution in [0.2, 0.25) is 0 Å². The number of hydrogen-bond donors (Lipinski definition) is 0. The van der Waals surface area contributed by atoms with E-state index in [0.717, 1.165) is 0 Å². The van der Waals surface area contributed by atoms with Crippen LogP contribution in [0.3, 0.4) is 0 Å². The molecule has 0 amide bonds. The molecule has 0 aliphatic heterocycles. The Hall–Kier alpha value is -1.68. The molecule has 114 valence electrons. The number of halogens is 2. The second kappa shape index (κ2) is 8.08. The average molecular weight is 337 g/mol. The van der Waals surface area contributed by atoms with Gasteiger partial charge in [-0.15, -0.1) is 23.2 Å². The van der Waals surface area contributed by atoms with Crippen molar-refractivity contribution in [1.82, 2.24) is 0 Å². The molecule has 0 aromatic heterocycles. The van der Waals surface area contributed by atoms with E-state index in [0.29, 0.717) is 16.7 Å². The Bertz CT molecular complexity index is 637. The van der Waals surface area contributed by atoms with Crippen LogP contribution in [-0.4, -0.2) is 29.6 Å². The maximum atomic E-state index is 12.2. The second-order valence-corrected chi connectivity index (χ2v) is 5.88. The molecule has 2 aromatic rings. The van der Waals surface area contributed by atoms with Crippen LogP contribution in [-0.2, 0) is 4.74 Å². The van der Waals surface area contributed by atoms with Crippen molar-refractivity contribution < 1.29 is 14.3 Å². The van der Waals surface area contributed by atoms with Crippen molar-refractivity contribution in [2.24, 2.45) is 0 Å². The molecule has 0 aliphatic rings. The molecular formula is C17H14Cl2O3. The van der Waals surface area contributed by atoms with E-state index >= 15 is 0 Å². The predicted octanol–water partition coefficient (Wildman–Crippen LogP) is 3.92. The Labute approximate surface area is 138 Å².